The predicted molar refractivity (Wildman–Crippen MR) is 91.5 cm³/mol. The first-order chi connectivity index (χ1) is 10.1. The lowest BCUT2D eigenvalue weighted by Gasteiger charge is -2.22. The largest absolute Gasteiger partial charge is 0.493 e. The molecule has 4 nitrogen and oxygen atoms in total. The summed E-state index contributed by atoms with van der Waals surface area (Å²) in [6.07, 6.45) is 2.06. The van der Waals surface area contributed by atoms with E-state index in [1.165, 1.54) is 0 Å². The fourth-order valence-corrected chi connectivity index (χ4v) is 2.42. The van der Waals surface area contributed by atoms with E-state index in [0.29, 0.717) is 19.1 Å². The second-order valence-electron chi connectivity index (χ2n) is 6.11. The van der Waals surface area contributed by atoms with Crippen LogP contribution in [-0.4, -0.2) is 25.6 Å². The zero-order chi connectivity index (χ0) is 15.1. The van der Waals surface area contributed by atoms with Gasteiger partial charge in [0.15, 0.2) is 0 Å². The number of carbonyl (C=O) groups excluding carboxylic acids is 1. The van der Waals surface area contributed by atoms with Crippen LogP contribution in [0.2, 0.25) is 0 Å². The van der Waals surface area contributed by atoms with Crippen molar-refractivity contribution in [3.8, 4) is 5.75 Å². The van der Waals surface area contributed by atoms with Gasteiger partial charge in [-0.1, -0.05) is 26.0 Å². The molecule has 1 unspecified atom stereocenters. The molecule has 1 heterocycles. The Bertz CT molecular complexity index is 460. The molecule has 5 heteroatoms. The summed E-state index contributed by atoms with van der Waals surface area (Å²) in [7, 11) is 0. The first kappa shape index (κ1) is 18.8. The summed E-state index contributed by atoms with van der Waals surface area (Å²) in [5.74, 6) is 1.64. The number of nitrogens with one attached hydrogen (secondary N) is 2. The molecule has 0 aromatic heterocycles. The Morgan fingerprint density at radius 2 is 2.27 bits per heavy atom. The van der Waals surface area contributed by atoms with Crippen molar-refractivity contribution in [3.63, 3.8) is 0 Å². The van der Waals surface area contributed by atoms with Gasteiger partial charge in [0.1, 0.15) is 5.75 Å². The Labute approximate surface area is 139 Å². The van der Waals surface area contributed by atoms with Crippen molar-refractivity contribution in [3.05, 3.63) is 29.8 Å². The van der Waals surface area contributed by atoms with Gasteiger partial charge in [0.05, 0.1) is 12.5 Å². The van der Waals surface area contributed by atoms with Crippen molar-refractivity contribution in [2.75, 3.05) is 19.7 Å². The zero-order valence-electron chi connectivity index (χ0n) is 13.4. The van der Waals surface area contributed by atoms with Gasteiger partial charge in [-0.05, 0) is 43.0 Å². The molecule has 1 aromatic rings. The highest BCUT2D eigenvalue weighted by atomic mass is 35.5. The Balaban J connectivity index is 0.00000242. The molecule has 2 N–H and O–H groups in total. The third-order valence-corrected chi connectivity index (χ3v) is 3.62. The van der Waals surface area contributed by atoms with E-state index in [0.717, 1.165) is 37.2 Å². The van der Waals surface area contributed by atoms with Crippen molar-refractivity contribution < 1.29 is 9.53 Å². The van der Waals surface area contributed by atoms with Gasteiger partial charge in [-0.25, -0.2) is 0 Å². The van der Waals surface area contributed by atoms with E-state index in [2.05, 4.69) is 24.5 Å². The monoisotopic (exact) mass is 326 g/mol. The van der Waals surface area contributed by atoms with Crippen molar-refractivity contribution in [1.82, 2.24) is 10.6 Å². The van der Waals surface area contributed by atoms with Gasteiger partial charge < -0.3 is 15.4 Å². The van der Waals surface area contributed by atoms with Crippen LogP contribution in [-0.2, 0) is 11.3 Å². The van der Waals surface area contributed by atoms with Crippen LogP contribution >= 0.6 is 12.4 Å². The van der Waals surface area contributed by atoms with Gasteiger partial charge >= 0.3 is 0 Å². The average Bonchev–Trinajstić information content (AvgIpc) is 2.52. The fourth-order valence-electron chi connectivity index (χ4n) is 2.42. The highest BCUT2D eigenvalue weighted by Crippen LogP contribution is 2.15. The van der Waals surface area contributed by atoms with Gasteiger partial charge in [0.25, 0.3) is 0 Å². The average molecular weight is 327 g/mol. The highest BCUT2D eigenvalue weighted by molar-refractivity contribution is 5.85. The molecular formula is C17H27ClN2O2. The normalized spacial score (nSPS) is 17.7. The highest BCUT2D eigenvalue weighted by Gasteiger charge is 2.20. The van der Waals surface area contributed by atoms with E-state index in [1.54, 1.807) is 0 Å². The molecule has 22 heavy (non-hydrogen) atoms. The molecule has 1 aliphatic heterocycles. The molecular weight excluding hydrogens is 300 g/mol. The van der Waals surface area contributed by atoms with Crippen molar-refractivity contribution >= 4 is 18.3 Å². The summed E-state index contributed by atoms with van der Waals surface area (Å²) in [6.45, 7) is 7.35. The van der Waals surface area contributed by atoms with Gasteiger partial charge in [-0.3, -0.25) is 4.79 Å². The first-order valence-corrected chi connectivity index (χ1v) is 7.85. The second-order valence-corrected chi connectivity index (χ2v) is 6.11. The number of rotatable bonds is 6. The Morgan fingerprint density at radius 1 is 1.45 bits per heavy atom. The summed E-state index contributed by atoms with van der Waals surface area (Å²) in [5, 5.41) is 6.30. The molecule has 2 rings (SSSR count). The topological polar surface area (TPSA) is 50.4 Å². The minimum atomic E-state index is 0. The lowest BCUT2D eigenvalue weighted by molar-refractivity contribution is -0.125. The van der Waals surface area contributed by atoms with E-state index in [4.69, 9.17) is 4.74 Å². The lowest BCUT2D eigenvalue weighted by atomic mass is 9.99. The molecule has 0 saturated carbocycles. The van der Waals surface area contributed by atoms with Gasteiger partial charge in [0.2, 0.25) is 5.91 Å². The molecule has 1 fully saturated rings. The molecule has 0 bridgehead atoms. The number of piperidine rings is 1. The summed E-state index contributed by atoms with van der Waals surface area (Å²) in [5.41, 5.74) is 1.08. The van der Waals surface area contributed by atoms with Crippen LogP contribution < -0.4 is 15.4 Å². The molecule has 1 aromatic carbocycles. The van der Waals surface area contributed by atoms with Gasteiger partial charge in [0, 0.05) is 13.1 Å². The Kier molecular flexibility index (Phi) is 8.28. The van der Waals surface area contributed by atoms with Crippen molar-refractivity contribution in [2.45, 2.75) is 33.2 Å². The summed E-state index contributed by atoms with van der Waals surface area (Å²) in [6, 6.07) is 7.95. The first-order valence-electron chi connectivity index (χ1n) is 7.85. The van der Waals surface area contributed by atoms with Crippen LogP contribution in [0.25, 0.3) is 0 Å². The van der Waals surface area contributed by atoms with Crippen LogP contribution in [0.15, 0.2) is 24.3 Å². The standard InChI is InChI=1S/C17H26N2O2.ClH/c1-13(2)12-21-16-7-3-5-14(9-16)10-19-17(20)15-6-4-8-18-11-15;/h3,5,7,9,13,15,18H,4,6,8,10-12H2,1-2H3,(H,19,20);1H. The molecule has 1 amide bonds. The van der Waals surface area contributed by atoms with Gasteiger partial charge in [-0.15, -0.1) is 12.4 Å². The van der Waals surface area contributed by atoms with E-state index in [-0.39, 0.29) is 24.2 Å². The molecule has 1 atom stereocenters. The van der Waals surface area contributed by atoms with Crippen LogP contribution in [0.5, 0.6) is 5.75 Å². The van der Waals surface area contributed by atoms with Crippen molar-refractivity contribution in [2.24, 2.45) is 11.8 Å². The Morgan fingerprint density at radius 3 is 2.95 bits per heavy atom. The number of benzene rings is 1. The van der Waals surface area contributed by atoms with Gasteiger partial charge in [-0.2, -0.15) is 0 Å². The maximum absolute atomic E-state index is 12.1. The predicted octanol–water partition coefficient (Wildman–Crippen LogP) is 2.76. The quantitative estimate of drug-likeness (QED) is 0.845. The van der Waals surface area contributed by atoms with Crippen molar-refractivity contribution in [1.29, 1.82) is 0 Å². The third kappa shape index (κ3) is 6.24. The smallest absolute Gasteiger partial charge is 0.224 e. The number of amides is 1. The number of halogens is 1. The number of ether oxygens (including phenoxy) is 1. The van der Waals surface area contributed by atoms with Crippen LogP contribution in [0.3, 0.4) is 0 Å². The van der Waals surface area contributed by atoms with Crippen LogP contribution in [0.4, 0.5) is 0 Å². The van der Waals surface area contributed by atoms with E-state index in [9.17, 15) is 4.79 Å². The molecule has 0 spiro atoms. The summed E-state index contributed by atoms with van der Waals surface area (Å²) in [4.78, 5) is 12.1. The van der Waals surface area contributed by atoms with Crippen LogP contribution in [0.1, 0.15) is 32.3 Å². The maximum atomic E-state index is 12.1. The minimum absolute atomic E-state index is 0. The second kappa shape index (κ2) is 9.70. The Hall–Kier alpha value is -1.26. The maximum Gasteiger partial charge on any atom is 0.224 e. The summed E-state index contributed by atoms with van der Waals surface area (Å²) >= 11 is 0. The lowest BCUT2D eigenvalue weighted by Crippen LogP contribution is -2.40. The molecule has 124 valence electrons. The van der Waals surface area contributed by atoms with E-state index >= 15 is 0 Å². The fraction of sp³-hybridized carbons (Fsp3) is 0.588. The number of hydrogen-bond donors (Lipinski definition) is 2. The molecule has 1 saturated heterocycles. The van der Waals surface area contributed by atoms with Crippen LogP contribution in [0, 0.1) is 11.8 Å². The number of carbonyl (C=O) groups is 1. The zero-order valence-corrected chi connectivity index (χ0v) is 14.2. The molecule has 1 aliphatic rings. The molecule has 0 aliphatic carbocycles. The SMILES string of the molecule is CC(C)COc1cccc(CNC(=O)C2CCCNC2)c1.Cl. The molecule has 0 radical (unpaired) electrons. The van der Waals surface area contributed by atoms with E-state index < -0.39 is 0 Å². The van der Waals surface area contributed by atoms with E-state index in [1.807, 2.05) is 24.3 Å². The minimum Gasteiger partial charge on any atom is -0.493 e. The summed E-state index contributed by atoms with van der Waals surface area (Å²) < 4.78 is 5.71. The number of hydrogen-bond acceptors (Lipinski definition) is 3. The third-order valence-electron chi connectivity index (χ3n) is 3.62.